The van der Waals surface area contributed by atoms with E-state index in [-0.39, 0.29) is 17.0 Å². The maximum Gasteiger partial charge on any atom is 0.243 e. The second-order valence-corrected chi connectivity index (χ2v) is 6.97. The zero-order chi connectivity index (χ0) is 14.2. The van der Waals surface area contributed by atoms with Crippen LogP contribution >= 0.6 is 0 Å². The van der Waals surface area contributed by atoms with Crippen molar-refractivity contribution in [3.8, 4) is 0 Å². The van der Waals surface area contributed by atoms with Crippen molar-refractivity contribution in [3.05, 3.63) is 23.8 Å². The molecule has 1 aliphatic rings. The summed E-state index contributed by atoms with van der Waals surface area (Å²) in [6.45, 7) is 4.31. The normalized spacial score (nSPS) is 24.0. The Bertz CT molecular complexity index is 571. The summed E-state index contributed by atoms with van der Waals surface area (Å²) in [4.78, 5) is 0.279. The zero-order valence-corrected chi connectivity index (χ0v) is 12.3. The molecule has 1 fully saturated rings. The molecule has 5 nitrogen and oxygen atoms in total. The molecule has 0 saturated carbocycles. The van der Waals surface area contributed by atoms with Crippen molar-refractivity contribution >= 4 is 15.7 Å². The van der Waals surface area contributed by atoms with Gasteiger partial charge in [0.15, 0.2) is 0 Å². The fourth-order valence-corrected chi connectivity index (χ4v) is 3.88. The minimum atomic E-state index is -3.50. The fourth-order valence-electron chi connectivity index (χ4n) is 2.35. The van der Waals surface area contributed by atoms with Crippen LogP contribution in [0.5, 0.6) is 0 Å². The Balaban J connectivity index is 2.33. The van der Waals surface area contributed by atoms with Crippen LogP contribution in [0.4, 0.5) is 5.69 Å². The molecule has 1 aliphatic heterocycles. The first-order valence-electron chi connectivity index (χ1n) is 6.30. The second-order valence-electron chi connectivity index (χ2n) is 4.97. The predicted molar refractivity (Wildman–Crippen MR) is 74.4 cm³/mol. The molecule has 2 atom stereocenters. The molecular weight excluding hydrogens is 264 g/mol. The van der Waals surface area contributed by atoms with Crippen LogP contribution in [0.2, 0.25) is 0 Å². The molecule has 0 aromatic heterocycles. The van der Waals surface area contributed by atoms with Crippen LogP contribution in [0.25, 0.3) is 0 Å². The average molecular weight is 284 g/mol. The van der Waals surface area contributed by atoms with Gasteiger partial charge in [-0.3, -0.25) is 0 Å². The largest absolute Gasteiger partial charge is 0.399 e. The van der Waals surface area contributed by atoms with Crippen molar-refractivity contribution in [2.45, 2.75) is 37.3 Å². The lowest BCUT2D eigenvalue weighted by atomic mass is 10.2. The highest BCUT2D eigenvalue weighted by Gasteiger charge is 2.35. The van der Waals surface area contributed by atoms with Crippen LogP contribution < -0.4 is 5.73 Å². The molecule has 6 heteroatoms. The Kier molecular flexibility index (Phi) is 3.85. The number of nitrogens with zero attached hydrogens (tertiary/aromatic N) is 1. The molecule has 2 rings (SSSR count). The van der Waals surface area contributed by atoms with Crippen LogP contribution in [-0.4, -0.2) is 38.5 Å². The summed E-state index contributed by atoms with van der Waals surface area (Å²) in [6.07, 6.45) is 0.653. The molecule has 0 bridgehead atoms. The third kappa shape index (κ3) is 2.61. The minimum Gasteiger partial charge on any atom is -0.399 e. The number of aryl methyl sites for hydroxylation is 1. The number of likely N-dealkylation sites (N-methyl/N-ethyl adjacent to an activating group) is 1. The number of benzene rings is 1. The van der Waals surface area contributed by atoms with Crippen LogP contribution in [0.15, 0.2) is 23.1 Å². The summed E-state index contributed by atoms with van der Waals surface area (Å²) in [5.74, 6) is 0. The number of hydrogen-bond acceptors (Lipinski definition) is 4. The molecule has 0 amide bonds. The first kappa shape index (κ1) is 14.3. The van der Waals surface area contributed by atoms with Gasteiger partial charge in [-0.05, 0) is 44.0 Å². The minimum absolute atomic E-state index is 0.0744. The van der Waals surface area contributed by atoms with E-state index in [0.717, 1.165) is 12.0 Å². The van der Waals surface area contributed by atoms with Gasteiger partial charge in [-0.2, -0.15) is 4.31 Å². The monoisotopic (exact) mass is 284 g/mol. The fraction of sp³-hybridized carbons (Fsp3) is 0.538. The maximum absolute atomic E-state index is 12.6. The molecule has 19 heavy (non-hydrogen) atoms. The van der Waals surface area contributed by atoms with E-state index >= 15 is 0 Å². The molecule has 0 radical (unpaired) electrons. The summed E-state index contributed by atoms with van der Waals surface area (Å²) in [5.41, 5.74) is 7.09. The van der Waals surface area contributed by atoms with Gasteiger partial charge in [0.2, 0.25) is 10.0 Å². The first-order valence-corrected chi connectivity index (χ1v) is 7.74. The Morgan fingerprint density at radius 3 is 2.63 bits per heavy atom. The smallest absolute Gasteiger partial charge is 0.243 e. The van der Waals surface area contributed by atoms with Crippen LogP contribution in [0, 0.1) is 6.92 Å². The topological polar surface area (TPSA) is 72.6 Å². The lowest BCUT2D eigenvalue weighted by Crippen LogP contribution is -2.40. The number of hydrogen-bond donors (Lipinski definition) is 1. The molecule has 2 unspecified atom stereocenters. The van der Waals surface area contributed by atoms with Crippen LogP contribution in [-0.2, 0) is 14.8 Å². The SMILES string of the molecule is Cc1cc(S(=O)(=O)N(C)C2CCOC2C)ccc1N. The molecule has 0 aliphatic carbocycles. The quantitative estimate of drug-likeness (QED) is 0.851. The van der Waals surface area contributed by atoms with Gasteiger partial charge in [0.25, 0.3) is 0 Å². The highest BCUT2D eigenvalue weighted by Crippen LogP contribution is 2.26. The lowest BCUT2D eigenvalue weighted by molar-refractivity contribution is 0.102. The van der Waals surface area contributed by atoms with E-state index < -0.39 is 10.0 Å². The molecule has 1 aromatic rings. The van der Waals surface area contributed by atoms with Gasteiger partial charge < -0.3 is 10.5 Å². The van der Waals surface area contributed by atoms with E-state index in [0.29, 0.717) is 12.3 Å². The van der Waals surface area contributed by atoms with Gasteiger partial charge in [0.1, 0.15) is 0 Å². The van der Waals surface area contributed by atoms with Gasteiger partial charge in [-0.15, -0.1) is 0 Å². The number of nitrogens with two attached hydrogens (primary N) is 1. The highest BCUT2D eigenvalue weighted by atomic mass is 32.2. The predicted octanol–water partition coefficient (Wildman–Crippen LogP) is 1.38. The maximum atomic E-state index is 12.6. The van der Waals surface area contributed by atoms with Gasteiger partial charge in [-0.1, -0.05) is 0 Å². The average Bonchev–Trinajstić information content (AvgIpc) is 2.77. The summed E-state index contributed by atoms with van der Waals surface area (Å²) < 4.78 is 32.0. The number of nitrogen functional groups attached to an aromatic ring is 1. The molecule has 1 aromatic carbocycles. The number of anilines is 1. The van der Waals surface area contributed by atoms with E-state index in [2.05, 4.69) is 0 Å². The summed E-state index contributed by atoms with van der Waals surface area (Å²) in [6, 6.07) is 4.68. The molecular formula is C13H20N2O3S. The highest BCUT2D eigenvalue weighted by molar-refractivity contribution is 7.89. The second kappa shape index (κ2) is 5.11. The van der Waals surface area contributed by atoms with Crippen molar-refractivity contribution in [2.24, 2.45) is 0 Å². The van der Waals surface area contributed by atoms with Gasteiger partial charge >= 0.3 is 0 Å². The Morgan fingerprint density at radius 1 is 1.42 bits per heavy atom. The van der Waals surface area contributed by atoms with Crippen molar-refractivity contribution in [1.82, 2.24) is 4.31 Å². The van der Waals surface area contributed by atoms with Crippen molar-refractivity contribution in [1.29, 1.82) is 0 Å². The number of ether oxygens (including phenoxy) is 1. The van der Waals surface area contributed by atoms with E-state index in [9.17, 15) is 8.42 Å². The van der Waals surface area contributed by atoms with E-state index in [1.807, 2.05) is 6.92 Å². The Labute approximate surface area is 114 Å². The van der Waals surface area contributed by atoms with Gasteiger partial charge in [-0.25, -0.2) is 8.42 Å². The van der Waals surface area contributed by atoms with Gasteiger partial charge in [0.05, 0.1) is 17.0 Å². The van der Waals surface area contributed by atoms with E-state index in [1.54, 1.807) is 32.2 Å². The third-order valence-electron chi connectivity index (χ3n) is 3.72. The first-order chi connectivity index (χ1) is 8.84. The Hall–Kier alpha value is -1.11. The third-order valence-corrected chi connectivity index (χ3v) is 5.60. The van der Waals surface area contributed by atoms with Crippen LogP contribution in [0.1, 0.15) is 18.9 Å². The lowest BCUT2D eigenvalue weighted by Gasteiger charge is -2.26. The summed E-state index contributed by atoms with van der Waals surface area (Å²) in [7, 11) is -1.89. The van der Waals surface area contributed by atoms with Gasteiger partial charge in [0, 0.05) is 19.3 Å². The Morgan fingerprint density at radius 2 is 2.11 bits per heavy atom. The van der Waals surface area contributed by atoms with E-state index in [1.165, 1.54) is 4.31 Å². The van der Waals surface area contributed by atoms with Crippen molar-refractivity contribution in [3.63, 3.8) is 0 Å². The summed E-state index contributed by atoms with van der Waals surface area (Å²) in [5, 5.41) is 0. The zero-order valence-electron chi connectivity index (χ0n) is 11.5. The van der Waals surface area contributed by atoms with Crippen LogP contribution in [0.3, 0.4) is 0 Å². The standard InChI is InChI=1S/C13H20N2O3S/c1-9-8-11(4-5-12(9)14)19(16,17)15(3)13-6-7-18-10(13)2/h4-5,8,10,13H,6-7,14H2,1-3H3. The van der Waals surface area contributed by atoms with Crippen molar-refractivity contribution in [2.75, 3.05) is 19.4 Å². The molecule has 106 valence electrons. The number of rotatable bonds is 3. The van der Waals surface area contributed by atoms with Crippen molar-refractivity contribution < 1.29 is 13.2 Å². The number of sulfonamides is 1. The molecule has 2 N–H and O–H groups in total. The molecule has 1 saturated heterocycles. The molecule has 0 spiro atoms. The van der Waals surface area contributed by atoms with E-state index in [4.69, 9.17) is 10.5 Å². The molecule has 1 heterocycles. The summed E-state index contributed by atoms with van der Waals surface area (Å²) >= 11 is 0.